The molecule has 0 saturated heterocycles. The van der Waals surface area contributed by atoms with Crippen LogP contribution in [0.4, 0.5) is 0 Å². The van der Waals surface area contributed by atoms with E-state index in [0.29, 0.717) is 17.9 Å². The van der Waals surface area contributed by atoms with Gasteiger partial charge >= 0.3 is 0 Å². The van der Waals surface area contributed by atoms with E-state index in [1.165, 1.54) is 6.26 Å². The second-order valence-electron chi connectivity index (χ2n) is 7.34. The molecule has 29 heavy (non-hydrogen) atoms. The van der Waals surface area contributed by atoms with E-state index in [4.69, 9.17) is 14.9 Å². The molecule has 1 aromatic heterocycles. The molecule has 2 aromatic carbocycles. The van der Waals surface area contributed by atoms with Crippen LogP contribution >= 0.6 is 12.4 Å². The molecule has 154 valence electrons. The molecule has 1 fully saturated rings. The Hall–Kier alpha value is -2.50. The standard InChI is InChI=1S/C23H26N2O3.ClH/c1-27-22-11-10-16-6-2-5-9-20(16)21(22)14-25(18-7-3-4-8-18)23(26)17-12-19(13-24)28-15-17;/h2,5-6,9-12,15,18H,3-4,7-8,13-14,24H2,1H3;1H. The van der Waals surface area contributed by atoms with Crippen molar-refractivity contribution >= 4 is 29.1 Å². The summed E-state index contributed by atoms with van der Waals surface area (Å²) in [5.41, 5.74) is 7.26. The second-order valence-corrected chi connectivity index (χ2v) is 7.34. The number of hydrogen-bond donors (Lipinski definition) is 1. The van der Waals surface area contributed by atoms with E-state index in [9.17, 15) is 4.79 Å². The van der Waals surface area contributed by atoms with Crippen LogP contribution in [0.15, 0.2) is 53.1 Å². The van der Waals surface area contributed by atoms with Crippen molar-refractivity contribution in [2.45, 2.75) is 44.8 Å². The van der Waals surface area contributed by atoms with Crippen LogP contribution in [0.3, 0.4) is 0 Å². The lowest BCUT2D eigenvalue weighted by Gasteiger charge is -2.30. The Balaban J connectivity index is 0.00000240. The number of furan rings is 1. The number of rotatable bonds is 6. The number of carbonyl (C=O) groups excluding carboxylic acids is 1. The zero-order valence-electron chi connectivity index (χ0n) is 16.6. The third-order valence-electron chi connectivity index (χ3n) is 5.67. The number of carbonyl (C=O) groups is 1. The maximum absolute atomic E-state index is 13.4. The van der Waals surface area contributed by atoms with Crippen LogP contribution < -0.4 is 10.5 Å². The van der Waals surface area contributed by atoms with Crippen molar-refractivity contribution in [2.75, 3.05) is 7.11 Å². The molecule has 0 radical (unpaired) electrons. The molecule has 1 aliphatic carbocycles. The maximum atomic E-state index is 13.4. The predicted molar refractivity (Wildman–Crippen MR) is 116 cm³/mol. The largest absolute Gasteiger partial charge is 0.496 e. The normalized spacial score (nSPS) is 14.0. The number of hydrogen-bond acceptors (Lipinski definition) is 4. The summed E-state index contributed by atoms with van der Waals surface area (Å²) in [5, 5.41) is 2.26. The minimum absolute atomic E-state index is 0. The Kier molecular flexibility index (Phi) is 6.83. The van der Waals surface area contributed by atoms with Crippen LogP contribution in [-0.2, 0) is 13.1 Å². The van der Waals surface area contributed by atoms with Crippen molar-refractivity contribution in [3.05, 3.63) is 65.6 Å². The lowest BCUT2D eigenvalue weighted by atomic mass is 10.0. The summed E-state index contributed by atoms with van der Waals surface area (Å²) < 4.78 is 11.1. The summed E-state index contributed by atoms with van der Waals surface area (Å²) in [6, 6.07) is 14.3. The van der Waals surface area contributed by atoms with Crippen molar-refractivity contribution in [1.29, 1.82) is 0 Å². The summed E-state index contributed by atoms with van der Waals surface area (Å²) >= 11 is 0. The fourth-order valence-corrected chi connectivity index (χ4v) is 4.19. The molecule has 3 aromatic rings. The predicted octanol–water partition coefficient (Wildman–Crippen LogP) is 4.91. The van der Waals surface area contributed by atoms with Gasteiger partial charge < -0.3 is 19.8 Å². The van der Waals surface area contributed by atoms with Crippen molar-refractivity contribution in [1.82, 2.24) is 4.90 Å². The smallest absolute Gasteiger partial charge is 0.257 e. The molecule has 0 atom stereocenters. The molecule has 0 bridgehead atoms. The van der Waals surface area contributed by atoms with Crippen molar-refractivity contribution < 1.29 is 13.9 Å². The molecule has 4 rings (SSSR count). The van der Waals surface area contributed by atoms with E-state index in [0.717, 1.165) is 47.8 Å². The Morgan fingerprint density at radius 2 is 1.97 bits per heavy atom. The average Bonchev–Trinajstić information content (AvgIpc) is 3.43. The summed E-state index contributed by atoms with van der Waals surface area (Å²) in [7, 11) is 1.68. The van der Waals surface area contributed by atoms with Gasteiger partial charge in [-0.15, -0.1) is 12.4 Å². The van der Waals surface area contributed by atoms with E-state index in [-0.39, 0.29) is 30.9 Å². The number of ether oxygens (including phenoxy) is 1. The maximum Gasteiger partial charge on any atom is 0.257 e. The number of amides is 1. The number of halogens is 1. The first kappa shape index (κ1) is 21.2. The van der Waals surface area contributed by atoms with Crippen LogP contribution in [0, 0.1) is 0 Å². The molecule has 2 N–H and O–H groups in total. The Morgan fingerprint density at radius 1 is 1.21 bits per heavy atom. The Labute approximate surface area is 177 Å². The van der Waals surface area contributed by atoms with Gasteiger partial charge in [0.15, 0.2) is 0 Å². The van der Waals surface area contributed by atoms with E-state index < -0.39 is 0 Å². The molecule has 0 aliphatic heterocycles. The van der Waals surface area contributed by atoms with Crippen molar-refractivity contribution in [3.8, 4) is 5.75 Å². The topological polar surface area (TPSA) is 68.7 Å². The fraction of sp³-hybridized carbons (Fsp3) is 0.348. The first-order valence-corrected chi connectivity index (χ1v) is 9.84. The SMILES string of the molecule is COc1ccc2ccccc2c1CN(C(=O)c1coc(CN)c1)C1CCCC1.Cl. The number of nitrogens with two attached hydrogens (primary N) is 1. The van der Waals surface area contributed by atoms with Crippen LogP contribution in [0.1, 0.15) is 47.4 Å². The van der Waals surface area contributed by atoms with Gasteiger partial charge in [-0.1, -0.05) is 43.2 Å². The fourth-order valence-electron chi connectivity index (χ4n) is 4.19. The first-order chi connectivity index (χ1) is 13.7. The highest BCUT2D eigenvalue weighted by molar-refractivity contribution is 5.95. The van der Waals surface area contributed by atoms with Crippen LogP contribution in [0.2, 0.25) is 0 Å². The minimum atomic E-state index is -0.00895. The van der Waals surface area contributed by atoms with Gasteiger partial charge in [0.1, 0.15) is 17.8 Å². The molecule has 0 spiro atoms. The van der Waals surface area contributed by atoms with Gasteiger partial charge in [-0.3, -0.25) is 4.79 Å². The number of benzene rings is 2. The Bertz CT molecular complexity index is 979. The van der Waals surface area contributed by atoms with Crippen molar-refractivity contribution in [2.24, 2.45) is 5.73 Å². The number of fused-ring (bicyclic) bond motifs is 1. The highest BCUT2D eigenvalue weighted by atomic mass is 35.5. The molecular formula is C23H27ClN2O3. The monoisotopic (exact) mass is 414 g/mol. The second kappa shape index (κ2) is 9.33. The molecule has 0 unspecified atom stereocenters. The van der Waals surface area contributed by atoms with Crippen LogP contribution in [0.25, 0.3) is 10.8 Å². The molecule has 1 saturated carbocycles. The van der Waals surface area contributed by atoms with Gasteiger partial charge in [-0.2, -0.15) is 0 Å². The summed E-state index contributed by atoms with van der Waals surface area (Å²) in [5.74, 6) is 1.42. The van der Waals surface area contributed by atoms with Gasteiger partial charge in [0.2, 0.25) is 0 Å². The van der Waals surface area contributed by atoms with E-state index in [1.54, 1.807) is 13.2 Å². The minimum Gasteiger partial charge on any atom is -0.496 e. The van der Waals surface area contributed by atoms with Gasteiger partial charge in [0.25, 0.3) is 5.91 Å². The van der Waals surface area contributed by atoms with Gasteiger partial charge in [0, 0.05) is 11.6 Å². The molecule has 5 nitrogen and oxygen atoms in total. The molecular weight excluding hydrogens is 388 g/mol. The van der Waals surface area contributed by atoms with E-state index in [1.807, 2.05) is 23.1 Å². The zero-order valence-corrected chi connectivity index (χ0v) is 17.4. The highest BCUT2D eigenvalue weighted by Gasteiger charge is 2.29. The van der Waals surface area contributed by atoms with Gasteiger partial charge in [0.05, 0.1) is 25.8 Å². The quantitative estimate of drug-likeness (QED) is 0.622. The lowest BCUT2D eigenvalue weighted by molar-refractivity contribution is 0.0663. The van der Waals surface area contributed by atoms with E-state index >= 15 is 0 Å². The lowest BCUT2D eigenvalue weighted by Crippen LogP contribution is -2.38. The molecule has 6 heteroatoms. The summed E-state index contributed by atoms with van der Waals surface area (Å²) in [4.78, 5) is 15.4. The molecule has 1 aliphatic rings. The van der Waals surface area contributed by atoms with Gasteiger partial charge in [-0.05, 0) is 35.7 Å². The van der Waals surface area contributed by atoms with Crippen molar-refractivity contribution in [3.63, 3.8) is 0 Å². The number of nitrogens with zero attached hydrogens (tertiary/aromatic N) is 1. The summed E-state index contributed by atoms with van der Waals surface area (Å²) in [6.45, 7) is 0.797. The molecule has 1 amide bonds. The average molecular weight is 415 g/mol. The molecule has 1 heterocycles. The third-order valence-corrected chi connectivity index (χ3v) is 5.67. The van der Waals surface area contributed by atoms with Crippen LogP contribution in [-0.4, -0.2) is 24.0 Å². The van der Waals surface area contributed by atoms with Gasteiger partial charge in [-0.25, -0.2) is 0 Å². The van der Waals surface area contributed by atoms with E-state index in [2.05, 4.69) is 18.2 Å². The number of methoxy groups -OCH3 is 1. The third kappa shape index (κ3) is 4.26. The highest BCUT2D eigenvalue weighted by Crippen LogP contribution is 2.33. The Morgan fingerprint density at radius 3 is 2.66 bits per heavy atom. The first-order valence-electron chi connectivity index (χ1n) is 9.84. The zero-order chi connectivity index (χ0) is 19.5. The summed E-state index contributed by atoms with van der Waals surface area (Å²) in [6.07, 6.45) is 5.88. The van der Waals surface area contributed by atoms with Crippen LogP contribution in [0.5, 0.6) is 5.75 Å².